The van der Waals surface area contributed by atoms with Crippen LogP contribution in [0.1, 0.15) is 47.5 Å². The molecule has 0 spiro atoms. The van der Waals surface area contributed by atoms with E-state index in [9.17, 15) is 0 Å². The van der Waals surface area contributed by atoms with E-state index in [-0.39, 0.29) is 6.61 Å². The summed E-state index contributed by atoms with van der Waals surface area (Å²) in [6.07, 6.45) is 7.91. The number of aliphatic hydroxyl groups excluding tert-OH is 1. The van der Waals surface area contributed by atoms with Crippen LogP contribution in [-0.2, 0) is 0 Å². The van der Waals surface area contributed by atoms with Crippen LogP contribution in [0, 0.1) is 11.8 Å². The maximum Gasteiger partial charge on any atom is 0.189 e. The van der Waals surface area contributed by atoms with Gasteiger partial charge in [0.05, 0.1) is 6.54 Å². The van der Waals surface area contributed by atoms with Crippen molar-refractivity contribution < 1.29 is 5.11 Å². The third kappa shape index (κ3) is 16.7. The smallest absolute Gasteiger partial charge is 0.189 e. The third-order valence-electron chi connectivity index (χ3n) is 3.51. The second-order valence-corrected chi connectivity index (χ2v) is 6.42. The van der Waals surface area contributed by atoms with Crippen LogP contribution in [0.15, 0.2) is 15.2 Å². The first-order chi connectivity index (χ1) is 13.5. The molecule has 0 aromatic heterocycles. The van der Waals surface area contributed by atoms with E-state index in [1.165, 1.54) is 11.8 Å². The second kappa shape index (κ2) is 21.8. The van der Waals surface area contributed by atoms with Crippen LogP contribution in [0.2, 0.25) is 0 Å². The normalized spacial score (nSPS) is 18.9. The molecule has 0 saturated carbocycles. The number of hydrogen-bond acceptors (Lipinski definition) is 7. The highest BCUT2D eigenvalue weighted by atomic mass is 32.1. The summed E-state index contributed by atoms with van der Waals surface area (Å²) in [4.78, 5) is 3.81. The van der Waals surface area contributed by atoms with Gasteiger partial charge in [0.15, 0.2) is 5.11 Å². The summed E-state index contributed by atoms with van der Waals surface area (Å²) < 4.78 is 0. The minimum absolute atomic E-state index is 0.250. The lowest BCUT2D eigenvalue weighted by molar-refractivity contribution is 0.318. The molecule has 28 heavy (non-hydrogen) atoms. The van der Waals surface area contributed by atoms with Crippen molar-refractivity contribution in [2.45, 2.75) is 47.5 Å². The fourth-order valence-electron chi connectivity index (χ4n) is 1.88. The standard InChI is InChI=1S/C8H15N3S.C5H10N2.C4H7NS.C2H6O/c1-3-7-5-10-11(6-7)8(12)9-4-2;1-2-5-3-6-7-4-5;1-2-5-3-4-6;1-2-3/h5,7H,3-4,6H2,1-2H3,(H,9,12);3,5,7H,2,4H2,1H3;3-4H,2H2,1H3;3H,2H2,1H3. The molecule has 2 aliphatic heterocycles. The average molecular weight is 431 g/mol. The van der Waals surface area contributed by atoms with Crippen molar-refractivity contribution in [2.24, 2.45) is 27.0 Å². The van der Waals surface area contributed by atoms with Gasteiger partial charge in [-0.05, 0) is 45.8 Å². The second-order valence-electron chi connectivity index (χ2n) is 5.76. The van der Waals surface area contributed by atoms with Crippen LogP contribution >= 0.6 is 24.4 Å². The molecular formula is C19H38N6OS2. The molecule has 2 atom stereocenters. The van der Waals surface area contributed by atoms with E-state index in [4.69, 9.17) is 17.3 Å². The number of nitrogens with one attached hydrogen (secondary N) is 2. The van der Waals surface area contributed by atoms with Gasteiger partial charge in [0.2, 0.25) is 0 Å². The third-order valence-corrected chi connectivity index (χ3v) is 3.99. The number of hydrogen-bond donors (Lipinski definition) is 3. The summed E-state index contributed by atoms with van der Waals surface area (Å²) in [5, 5.41) is 22.8. The van der Waals surface area contributed by atoms with Crippen LogP contribution in [0.3, 0.4) is 0 Å². The largest absolute Gasteiger partial charge is 0.397 e. The quantitative estimate of drug-likeness (QED) is 0.459. The van der Waals surface area contributed by atoms with Crippen LogP contribution in [0.5, 0.6) is 0 Å². The summed E-state index contributed by atoms with van der Waals surface area (Å²) in [5.41, 5.74) is 2.89. The summed E-state index contributed by atoms with van der Waals surface area (Å²) in [5.74, 6) is 1.27. The van der Waals surface area contributed by atoms with Gasteiger partial charge in [-0.25, -0.2) is 5.01 Å². The van der Waals surface area contributed by atoms with E-state index in [2.05, 4.69) is 52.0 Å². The summed E-state index contributed by atoms with van der Waals surface area (Å²) in [7, 11) is 0. The summed E-state index contributed by atoms with van der Waals surface area (Å²) in [6, 6.07) is 0. The van der Waals surface area contributed by atoms with Gasteiger partial charge >= 0.3 is 0 Å². The SMILES string of the molecule is CCC1C=NNC1.CCN=CC=S.CCNC(=S)N1CC(CC)C=N1.CCO. The first kappa shape index (κ1) is 28.8. The summed E-state index contributed by atoms with van der Waals surface area (Å²) >= 11 is 9.56. The zero-order valence-electron chi connectivity index (χ0n) is 18.0. The van der Waals surface area contributed by atoms with Crippen LogP contribution < -0.4 is 10.7 Å². The van der Waals surface area contributed by atoms with Crippen molar-refractivity contribution in [3.05, 3.63) is 0 Å². The zero-order valence-corrected chi connectivity index (χ0v) is 19.6. The minimum atomic E-state index is 0.250. The average Bonchev–Trinajstić information content (AvgIpc) is 3.39. The molecule has 0 aromatic carbocycles. The van der Waals surface area contributed by atoms with Gasteiger partial charge in [-0.3, -0.25) is 4.99 Å². The first-order valence-electron chi connectivity index (χ1n) is 9.94. The molecular weight excluding hydrogens is 392 g/mol. The lowest BCUT2D eigenvalue weighted by Gasteiger charge is -2.16. The highest BCUT2D eigenvalue weighted by molar-refractivity contribution is 7.80. The van der Waals surface area contributed by atoms with E-state index in [1.807, 2.05) is 31.3 Å². The van der Waals surface area contributed by atoms with Gasteiger partial charge in [0, 0.05) is 62.1 Å². The van der Waals surface area contributed by atoms with E-state index in [0.717, 1.165) is 37.7 Å². The van der Waals surface area contributed by atoms with Crippen molar-refractivity contribution in [1.82, 2.24) is 15.8 Å². The Kier molecular flexibility index (Phi) is 22.4. The Labute approximate surface area is 181 Å². The molecule has 7 nitrogen and oxygen atoms in total. The van der Waals surface area contributed by atoms with E-state index < -0.39 is 0 Å². The molecule has 2 rings (SSSR count). The number of aliphatic hydroxyl groups is 1. The van der Waals surface area contributed by atoms with Crippen LogP contribution in [0.4, 0.5) is 0 Å². The van der Waals surface area contributed by atoms with Gasteiger partial charge in [0.1, 0.15) is 0 Å². The van der Waals surface area contributed by atoms with Gasteiger partial charge in [-0.2, -0.15) is 10.2 Å². The molecule has 0 aromatic rings. The Morgan fingerprint density at radius 2 is 1.89 bits per heavy atom. The van der Waals surface area contributed by atoms with Gasteiger partial charge < -0.3 is 15.8 Å². The monoisotopic (exact) mass is 430 g/mol. The molecule has 2 aliphatic rings. The molecule has 3 N–H and O–H groups in total. The molecule has 2 heterocycles. The molecule has 0 fully saturated rings. The van der Waals surface area contributed by atoms with Crippen molar-refractivity contribution >= 4 is 53.6 Å². The Hall–Kier alpha value is -1.45. The van der Waals surface area contributed by atoms with Crippen molar-refractivity contribution in [1.29, 1.82) is 0 Å². The lowest BCUT2D eigenvalue weighted by Crippen LogP contribution is -2.35. The molecule has 0 aliphatic carbocycles. The number of rotatable bonds is 5. The first-order valence-corrected chi connectivity index (χ1v) is 10.8. The van der Waals surface area contributed by atoms with Crippen LogP contribution in [-0.4, -0.2) is 72.0 Å². The topological polar surface area (TPSA) is 84.6 Å². The van der Waals surface area contributed by atoms with Gasteiger partial charge in [-0.1, -0.05) is 26.1 Å². The summed E-state index contributed by atoms with van der Waals surface area (Å²) in [6.45, 7) is 13.9. The maximum absolute atomic E-state index is 7.57. The highest BCUT2D eigenvalue weighted by Gasteiger charge is 2.18. The molecule has 0 radical (unpaired) electrons. The molecule has 9 heteroatoms. The predicted molar refractivity (Wildman–Crippen MR) is 131 cm³/mol. The molecule has 0 amide bonds. The van der Waals surface area contributed by atoms with Crippen LogP contribution in [0.25, 0.3) is 0 Å². The van der Waals surface area contributed by atoms with Crippen molar-refractivity contribution in [3.8, 4) is 0 Å². The molecule has 162 valence electrons. The Morgan fingerprint density at radius 1 is 1.25 bits per heavy atom. The Morgan fingerprint density at radius 3 is 2.21 bits per heavy atom. The van der Waals surface area contributed by atoms with Gasteiger partial charge in [-0.15, -0.1) is 0 Å². The molecule has 0 saturated heterocycles. The molecule has 0 bridgehead atoms. The van der Waals surface area contributed by atoms with E-state index in [1.54, 1.807) is 13.1 Å². The predicted octanol–water partition coefficient (Wildman–Crippen LogP) is 2.89. The van der Waals surface area contributed by atoms with Gasteiger partial charge in [0.25, 0.3) is 0 Å². The Bertz CT molecular complexity index is 471. The number of nitrogens with zero attached hydrogens (tertiary/aromatic N) is 4. The van der Waals surface area contributed by atoms with E-state index >= 15 is 0 Å². The fourth-order valence-corrected chi connectivity index (χ4v) is 2.23. The molecule has 2 unspecified atom stereocenters. The number of hydrazone groups is 2. The number of aliphatic imine (C=N–C) groups is 1. The zero-order chi connectivity index (χ0) is 21.6. The Balaban J connectivity index is 0. The lowest BCUT2D eigenvalue weighted by atomic mass is 10.1. The van der Waals surface area contributed by atoms with E-state index in [0.29, 0.717) is 11.8 Å². The number of thiocarbonyl (C=S) groups is 2. The minimum Gasteiger partial charge on any atom is -0.397 e. The van der Waals surface area contributed by atoms with Crippen molar-refractivity contribution in [3.63, 3.8) is 0 Å². The maximum atomic E-state index is 7.57. The highest BCUT2D eigenvalue weighted by Crippen LogP contribution is 2.10. The fraction of sp³-hybridized carbons (Fsp3) is 0.737. The van der Waals surface area contributed by atoms with Crippen molar-refractivity contribution in [2.75, 3.05) is 32.8 Å².